The maximum absolute atomic E-state index is 11.3. The first-order chi connectivity index (χ1) is 8.53. The molecule has 18 heavy (non-hydrogen) atoms. The average Bonchev–Trinajstić information content (AvgIpc) is 2.37. The molecule has 3 heteroatoms. The maximum Gasteiger partial charge on any atom is 0.308 e. The highest BCUT2D eigenvalue weighted by Gasteiger charge is 2.27. The summed E-state index contributed by atoms with van der Waals surface area (Å²) in [4.78, 5) is 11.3. The summed E-state index contributed by atoms with van der Waals surface area (Å²) in [6.07, 6.45) is -0.0537. The number of hydrogen-bond donors (Lipinski definition) is 1. The zero-order chi connectivity index (χ0) is 13.2. The molecular formula is C15H16O3. The van der Waals surface area contributed by atoms with Gasteiger partial charge in [0, 0.05) is 0 Å². The first kappa shape index (κ1) is 12.6. The van der Waals surface area contributed by atoms with E-state index < -0.39 is 11.6 Å². The summed E-state index contributed by atoms with van der Waals surface area (Å²) in [5, 5.41) is 12.5. The molecular weight excluding hydrogens is 228 g/mol. The third kappa shape index (κ3) is 2.51. The van der Waals surface area contributed by atoms with Crippen LogP contribution >= 0.6 is 0 Å². The number of hydrogen-bond acceptors (Lipinski definition) is 3. The van der Waals surface area contributed by atoms with Gasteiger partial charge in [-0.3, -0.25) is 4.79 Å². The number of methoxy groups -OCH3 is 1. The van der Waals surface area contributed by atoms with Crippen LogP contribution in [0.4, 0.5) is 0 Å². The van der Waals surface area contributed by atoms with Gasteiger partial charge in [-0.2, -0.15) is 0 Å². The van der Waals surface area contributed by atoms with Gasteiger partial charge in [0.2, 0.25) is 0 Å². The van der Waals surface area contributed by atoms with Crippen LogP contribution < -0.4 is 0 Å². The van der Waals surface area contributed by atoms with E-state index in [1.165, 1.54) is 7.11 Å². The quantitative estimate of drug-likeness (QED) is 0.844. The first-order valence-corrected chi connectivity index (χ1v) is 5.81. The largest absolute Gasteiger partial charge is 0.469 e. The van der Waals surface area contributed by atoms with Crippen LogP contribution in [0.15, 0.2) is 42.5 Å². The van der Waals surface area contributed by atoms with Crippen molar-refractivity contribution in [3.8, 4) is 0 Å². The molecule has 0 radical (unpaired) electrons. The van der Waals surface area contributed by atoms with E-state index in [0.29, 0.717) is 5.56 Å². The Hall–Kier alpha value is -1.87. The topological polar surface area (TPSA) is 46.5 Å². The standard InChI is InChI=1S/C15H16O3/c1-15(17,10-14(16)18-2)13-8-7-11-5-3-4-6-12(11)9-13/h3-9,17H,10H2,1-2H3. The Kier molecular flexibility index (Phi) is 3.34. The molecule has 3 nitrogen and oxygen atoms in total. The summed E-state index contributed by atoms with van der Waals surface area (Å²) in [5.41, 5.74) is -0.497. The minimum absolute atomic E-state index is 0.0537. The summed E-state index contributed by atoms with van der Waals surface area (Å²) in [5.74, 6) is -0.423. The fourth-order valence-corrected chi connectivity index (χ4v) is 1.98. The molecule has 0 saturated carbocycles. The van der Waals surface area contributed by atoms with Crippen LogP contribution in [0, 0.1) is 0 Å². The predicted molar refractivity (Wildman–Crippen MR) is 70.2 cm³/mol. The van der Waals surface area contributed by atoms with Gasteiger partial charge < -0.3 is 9.84 Å². The second-order valence-corrected chi connectivity index (χ2v) is 4.59. The summed E-state index contributed by atoms with van der Waals surface area (Å²) < 4.78 is 4.60. The molecule has 2 rings (SSSR count). The van der Waals surface area contributed by atoms with E-state index in [4.69, 9.17) is 0 Å². The molecule has 0 aliphatic heterocycles. The summed E-state index contributed by atoms with van der Waals surface area (Å²) in [7, 11) is 1.32. The monoisotopic (exact) mass is 244 g/mol. The minimum Gasteiger partial charge on any atom is -0.469 e. The van der Waals surface area contributed by atoms with E-state index in [-0.39, 0.29) is 6.42 Å². The smallest absolute Gasteiger partial charge is 0.308 e. The molecule has 1 unspecified atom stereocenters. The normalized spacial score (nSPS) is 14.2. The van der Waals surface area contributed by atoms with Gasteiger partial charge in [-0.15, -0.1) is 0 Å². The molecule has 0 saturated heterocycles. The lowest BCUT2D eigenvalue weighted by Crippen LogP contribution is -2.25. The van der Waals surface area contributed by atoms with Crippen molar-refractivity contribution in [3.05, 3.63) is 48.0 Å². The Morgan fingerprint density at radius 2 is 1.89 bits per heavy atom. The molecule has 94 valence electrons. The average molecular weight is 244 g/mol. The van der Waals surface area contributed by atoms with Crippen LogP contribution in [-0.4, -0.2) is 18.2 Å². The molecule has 0 spiro atoms. The van der Waals surface area contributed by atoms with Crippen LogP contribution in [0.1, 0.15) is 18.9 Å². The van der Waals surface area contributed by atoms with Crippen molar-refractivity contribution in [3.63, 3.8) is 0 Å². The van der Waals surface area contributed by atoms with Crippen LogP contribution in [0.2, 0.25) is 0 Å². The van der Waals surface area contributed by atoms with Gasteiger partial charge in [0.15, 0.2) is 0 Å². The minimum atomic E-state index is -1.21. The van der Waals surface area contributed by atoms with Gasteiger partial charge in [0.25, 0.3) is 0 Å². The molecule has 0 amide bonds. The van der Waals surface area contributed by atoms with Gasteiger partial charge in [0.05, 0.1) is 19.1 Å². The zero-order valence-corrected chi connectivity index (χ0v) is 10.5. The van der Waals surface area contributed by atoms with Crippen LogP contribution in [0.25, 0.3) is 10.8 Å². The molecule has 2 aromatic rings. The van der Waals surface area contributed by atoms with Crippen molar-refractivity contribution in [2.24, 2.45) is 0 Å². The van der Waals surface area contributed by atoms with Crippen molar-refractivity contribution in [2.75, 3.05) is 7.11 Å². The highest BCUT2D eigenvalue weighted by Crippen LogP contribution is 2.27. The van der Waals surface area contributed by atoms with Crippen molar-refractivity contribution in [1.29, 1.82) is 0 Å². The number of carbonyl (C=O) groups is 1. The van der Waals surface area contributed by atoms with Crippen molar-refractivity contribution in [2.45, 2.75) is 18.9 Å². The van der Waals surface area contributed by atoms with Gasteiger partial charge in [-0.1, -0.05) is 36.4 Å². The second-order valence-electron chi connectivity index (χ2n) is 4.59. The lowest BCUT2D eigenvalue weighted by atomic mass is 9.91. The highest BCUT2D eigenvalue weighted by molar-refractivity contribution is 5.83. The number of benzene rings is 2. The van der Waals surface area contributed by atoms with E-state index in [0.717, 1.165) is 10.8 Å². The molecule has 0 heterocycles. The van der Waals surface area contributed by atoms with E-state index in [1.54, 1.807) is 6.92 Å². The third-order valence-electron chi connectivity index (χ3n) is 3.09. The number of rotatable bonds is 3. The maximum atomic E-state index is 11.3. The number of fused-ring (bicyclic) bond motifs is 1. The van der Waals surface area contributed by atoms with Gasteiger partial charge in [0.1, 0.15) is 0 Å². The lowest BCUT2D eigenvalue weighted by molar-refractivity contribution is -0.145. The van der Waals surface area contributed by atoms with Gasteiger partial charge >= 0.3 is 5.97 Å². The zero-order valence-electron chi connectivity index (χ0n) is 10.5. The van der Waals surface area contributed by atoms with Crippen molar-refractivity contribution < 1.29 is 14.6 Å². The fourth-order valence-electron chi connectivity index (χ4n) is 1.98. The molecule has 0 fully saturated rings. The summed E-state index contributed by atoms with van der Waals surface area (Å²) in [6.45, 7) is 1.62. The summed E-state index contributed by atoms with van der Waals surface area (Å²) >= 11 is 0. The Morgan fingerprint density at radius 1 is 1.22 bits per heavy atom. The third-order valence-corrected chi connectivity index (χ3v) is 3.09. The van der Waals surface area contributed by atoms with Crippen molar-refractivity contribution in [1.82, 2.24) is 0 Å². The Morgan fingerprint density at radius 3 is 2.56 bits per heavy atom. The Bertz CT molecular complexity index is 573. The second kappa shape index (κ2) is 4.78. The molecule has 1 N–H and O–H groups in total. The molecule has 1 atom stereocenters. The number of ether oxygens (including phenoxy) is 1. The number of carbonyl (C=O) groups excluding carboxylic acids is 1. The number of esters is 1. The van der Waals surface area contributed by atoms with E-state index in [9.17, 15) is 9.90 Å². The molecule has 0 aliphatic carbocycles. The summed E-state index contributed by atoms with van der Waals surface area (Å²) in [6, 6.07) is 13.6. The highest BCUT2D eigenvalue weighted by atomic mass is 16.5. The number of aliphatic hydroxyl groups is 1. The molecule has 0 bridgehead atoms. The first-order valence-electron chi connectivity index (χ1n) is 5.81. The van der Waals surface area contributed by atoms with Crippen LogP contribution in [0.5, 0.6) is 0 Å². The molecule has 0 aliphatic rings. The molecule has 0 aromatic heterocycles. The fraction of sp³-hybridized carbons (Fsp3) is 0.267. The van der Waals surface area contributed by atoms with Crippen LogP contribution in [0.3, 0.4) is 0 Å². The Labute approximate surface area is 106 Å². The van der Waals surface area contributed by atoms with E-state index in [2.05, 4.69) is 4.74 Å². The van der Waals surface area contributed by atoms with Gasteiger partial charge in [-0.05, 0) is 29.3 Å². The van der Waals surface area contributed by atoms with E-state index >= 15 is 0 Å². The molecule has 2 aromatic carbocycles. The van der Waals surface area contributed by atoms with Gasteiger partial charge in [-0.25, -0.2) is 0 Å². The van der Waals surface area contributed by atoms with Crippen molar-refractivity contribution >= 4 is 16.7 Å². The van der Waals surface area contributed by atoms with E-state index in [1.807, 2.05) is 42.5 Å². The predicted octanol–water partition coefficient (Wildman–Crippen LogP) is 2.61. The van der Waals surface area contributed by atoms with Crippen LogP contribution in [-0.2, 0) is 15.1 Å². The SMILES string of the molecule is COC(=O)CC(C)(O)c1ccc2ccccc2c1. The lowest BCUT2D eigenvalue weighted by Gasteiger charge is -2.22. The Balaban J connectivity index is 2.37.